The first-order chi connectivity index (χ1) is 16.6. The van der Waals surface area contributed by atoms with Crippen LogP contribution in [0.25, 0.3) is 10.3 Å². The van der Waals surface area contributed by atoms with Gasteiger partial charge < -0.3 is 14.7 Å². The normalized spacial score (nSPS) is 13.9. The smallest absolute Gasteiger partial charge is 0.281 e. The summed E-state index contributed by atoms with van der Waals surface area (Å²) in [5.41, 5.74) is 3.73. The van der Waals surface area contributed by atoms with Crippen molar-refractivity contribution in [3.63, 3.8) is 0 Å². The number of nitrogens with one attached hydrogen (secondary N) is 2. The van der Waals surface area contributed by atoms with E-state index in [1.54, 1.807) is 16.8 Å². The number of aromatic nitrogens is 2. The highest BCUT2D eigenvalue weighted by Gasteiger charge is 2.51. The van der Waals surface area contributed by atoms with Crippen molar-refractivity contribution in [1.29, 1.82) is 0 Å². The average Bonchev–Trinajstić information content (AvgIpc) is 3.44. The summed E-state index contributed by atoms with van der Waals surface area (Å²) in [4.78, 5) is 7.39. The number of benzene rings is 2. The minimum Gasteiger partial charge on any atom is -0.401 e. The highest BCUT2D eigenvalue weighted by Crippen LogP contribution is 2.37. The summed E-state index contributed by atoms with van der Waals surface area (Å²) in [6.45, 7) is 7.13. The minimum absolute atomic E-state index is 0.116. The van der Waals surface area contributed by atoms with Gasteiger partial charge in [0.2, 0.25) is 0 Å². The van der Waals surface area contributed by atoms with E-state index in [9.17, 15) is 0 Å². The molecule has 0 saturated heterocycles. The molecule has 0 amide bonds. The van der Waals surface area contributed by atoms with E-state index in [0.29, 0.717) is 6.42 Å². The van der Waals surface area contributed by atoms with Gasteiger partial charge in [0, 0.05) is 12.2 Å². The van der Waals surface area contributed by atoms with Crippen LogP contribution in [0, 0.1) is 0 Å². The predicted octanol–water partition coefficient (Wildman–Crippen LogP) is 5.36. The number of hydrogen-bond donors (Lipinski definition) is 2. The molecule has 0 spiro atoms. The van der Waals surface area contributed by atoms with E-state index >= 15 is 8.78 Å². The Morgan fingerprint density at radius 2 is 1.63 bits per heavy atom. The molecule has 0 aliphatic carbocycles. The average molecular weight is 514 g/mol. The SMILES string of the molecule is CC(Cc1c[nH]c2ncsc12)NCC(F)(F)CO[Si](c1ccccc1)(c1ccccc1)C(C)(C)C. The van der Waals surface area contributed by atoms with Gasteiger partial charge in [-0.1, -0.05) is 81.4 Å². The molecule has 2 aromatic carbocycles. The Bertz CT molecular complexity index is 1180. The Morgan fingerprint density at radius 1 is 1.03 bits per heavy atom. The molecule has 0 aliphatic rings. The Kier molecular flexibility index (Phi) is 7.56. The fourth-order valence-corrected chi connectivity index (χ4v) is 10.1. The molecule has 8 heteroatoms. The summed E-state index contributed by atoms with van der Waals surface area (Å²) in [7, 11) is -3.01. The van der Waals surface area contributed by atoms with Gasteiger partial charge in [0.15, 0.2) is 0 Å². The number of aromatic amines is 1. The number of hydrogen-bond acceptors (Lipinski definition) is 4. The van der Waals surface area contributed by atoms with Crippen molar-refractivity contribution in [3.8, 4) is 0 Å². The summed E-state index contributed by atoms with van der Waals surface area (Å²) >= 11 is 1.56. The van der Waals surface area contributed by atoms with E-state index in [0.717, 1.165) is 26.3 Å². The van der Waals surface area contributed by atoms with E-state index in [2.05, 4.69) is 36.1 Å². The van der Waals surface area contributed by atoms with Gasteiger partial charge in [-0.05, 0) is 34.3 Å². The summed E-state index contributed by atoms with van der Waals surface area (Å²) in [6, 6.07) is 19.7. The third kappa shape index (κ3) is 5.56. The number of fused-ring (bicyclic) bond motifs is 1. The number of thiazole rings is 1. The van der Waals surface area contributed by atoms with Crippen molar-refractivity contribution in [1.82, 2.24) is 15.3 Å². The molecule has 0 fully saturated rings. The van der Waals surface area contributed by atoms with Gasteiger partial charge in [0.25, 0.3) is 14.2 Å². The van der Waals surface area contributed by atoms with Crippen molar-refractivity contribution >= 4 is 40.4 Å². The van der Waals surface area contributed by atoms with Crippen LogP contribution in [-0.2, 0) is 10.8 Å². The van der Waals surface area contributed by atoms with Crippen molar-refractivity contribution in [2.24, 2.45) is 0 Å². The fraction of sp³-hybridized carbons (Fsp3) is 0.370. The van der Waals surface area contributed by atoms with E-state index in [1.807, 2.05) is 73.8 Å². The standard InChI is InChI=1S/C27H33F2N3OSSi/c1-20(15-21-16-30-25-24(21)34-19-32-25)31-17-27(28,29)18-33-35(26(2,3)4,22-11-7-5-8-12-22)23-13-9-6-10-14-23/h5-14,16,19-20,30-31H,15,17-18H2,1-4H3. The van der Waals surface area contributed by atoms with Gasteiger partial charge in [-0.25, -0.2) is 13.8 Å². The molecular formula is C27H33F2N3OSSi. The number of nitrogens with zero attached hydrogens (tertiary/aromatic N) is 1. The van der Waals surface area contributed by atoms with Gasteiger partial charge in [-0.3, -0.25) is 0 Å². The third-order valence-corrected chi connectivity index (χ3v) is 12.3. The molecule has 2 heterocycles. The Labute approximate surface area is 210 Å². The van der Waals surface area contributed by atoms with Crippen molar-refractivity contribution in [3.05, 3.63) is 77.9 Å². The lowest BCUT2D eigenvalue weighted by Crippen LogP contribution is -2.67. The molecule has 4 rings (SSSR count). The van der Waals surface area contributed by atoms with Crippen LogP contribution >= 0.6 is 11.3 Å². The summed E-state index contributed by atoms with van der Waals surface area (Å²) in [5, 5.41) is 4.68. The maximum Gasteiger partial charge on any atom is 0.281 e. The summed E-state index contributed by atoms with van der Waals surface area (Å²) < 4.78 is 38.0. The molecular weight excluding hydrogens is 480 g/mol. The fourth-order valence-electron chi connectivity index (χ4n) is 4.70. The van der Waals surface area contributed by atoms with Crippen LogP contribution in [0.5, 0.6) is 0 Å². The third-order valence-electron chi connectivity index (χ3n) is 6.39. The number of alkyl halides is 2. The van der Waals surface area contributed by atoms with Gasteiger partial charge in [0.05, 0.1) is 23.4 Å². The number of H-pyrrole nitrogens is 1. The van der Waals surface area contributed by atoms with Crippen LogP contribution in [0.15, 0.2) is 72.4 Å². The predicted molar refractivity (Wildman–Crippen MR) is 144 cm³/mol. The zero-order valence-electron chi connectivity index (χ0n) is 20.6. The van der Waals surface area contributed by atoms with Crippen LogP contribution in [0.2, 0.25) is 5.04 Å². The van der Waals surface area contributed by atoms with Crippen LogP contribution in [-0.4, -0.2) is 43.4 Å². The lowest BCUT2D eigenvalue weighted by molar-refractivity contribution is -0.0433. The molecule has 0 bridgehead atoms. The van der Waals surface area contributed by atoms with E-state index < -0.39 is 27.4 Å². The summed E-state index contributed by atoms with van der Waals surface area (Å²) in [6.07, 6.45) is 2.56. The van der Waals surface area contributed by atoms with Gasteiger partial charge in [0.1, 0.15) is 5.65 Å². The first-order valence-electron chi connectivity index (χ1n) is 11.9. The molecule has 2 aromatic heterocycles. The molecule has 1 unspecified atom stereocenters. The molecule has 35 heavy (non-hydrogen) atoms. The highest BCUT2D eigenvalue weighted by atomic mass is 32.1. The molecule has 0 aliphatic heterocycles. The van der Waals surface area contributed by atoms with Crippen LogP contribution in [0.3, 0.4) is 0 Å². The molecule has 4 nitrogen and oxygen atoms in total. The van der Waals surface area contributed by atoms with Crippen molar-refractivity contribution < 1.29 is 13.2 Å². The Morgan fingerprint density at radius 3 is 2.20 bits per heavy atom. The monoisotopic (exact) mass is 513 g/mol. The van der Waals surface area contributed by atoms with E-state index in [4.69, 9.17) is 4.43 Å². The lowest BCUT2D eigenvalue weighted by atomic mass is 10.1. The molecule has 4 aromatic rings. The zero-order chi connectivity index (χ0) is 25.1. The zero-order valence-corrected chi connectivity index (χ0v) is 22.5. The highest BCUT2D eigenvalue weighted by molar-refractivity contribution is 7.16. The molecule has 0 radical (unpaired) electrons. The van der Waals surface area contributed by atoms with Crippen molar-refractivity contribution in [2.45, 2.75) is 51.1 Å². The summed E-state index contributed by atoms with van der Waals surface area (Å²) in [5.74, 6) is -3.01. The number of rotatable bonds is 10. The van der Waals surface area contributed by atoms with Crippen LogP contribution < -0.4 is 15.7 Å². The largest absolute Gasteiger partial charge is 0.401 e. The van der Waals surface area contributed by atoms with Crippen LogP contribution in [0.1, 0.15) is 33.3 Å². The number of halogens is 2. The van der Waals surface area contributed by atoms with Gasteiger partial charge in [-0.15, -0.1) is 11.3 Å². The topological polar surface area (TPSA) is 49.9 Å². The second kappa shape index (κ2) is 10.3. The molecule has 2 N–H and O–H groups in total. The first kappa shape index (κ1) is 25.7. The quantitative estimate of drug-likeness (QED) is 0.281. The second-order valence-corrected chi connectivity index (χ2v) is 15.3. The molecule has 1 atom stereocenters. The van der Waals surface area contributed by atoms with Crippen molar-refractivity contribution in [2.75, 3.05) is 13.2 Å². The molecule has 186 valence electrons. The maximum atomic E-state index is 15.2. The van der Waals surface area contributed by atoms with Crippen LogP contribution in [0.4, 0.5) is 8.78 Å². The van der Waals surface area contributed by atoms with E-state index in [1.165, 1.54) is 0 Å². The van der Waals surface area contributed by atoms with Gasteiger partial charge in [-0.2, -0.15) is 0 Å². The second-order valence-electron chi connectivity index (χ2n) is 10.1. The first-order valence-corrected chi connectivity index (χ1v) is 14.7. The maximum absolute atomic E-state index is 15.2. The molecule has 0 saturated carbocycles. The Hall–Kier alpha value is -2.39. The lowest BCUT2D eigenvalue weighted by Gasteiger charge is -2.43. The van der Waals surface area contributed by atoms with Gasteiger partial charge >= 0.3 is 0 Å². The minimum atomic E-state index is -3.01. The Balaban J connectivity index is 1.50. The van der Waals surface area contributed by atoms with E-state index in [-0.39, 0.29) is 11.1 Å².